The molecule has 1 amide bonds. The molecule has 0 aromatic rings. The van der Waals surface area contributed by atoms with Gasteiger partial charge >= 0.3 is 0 Å². The normalized spacial score (nSPS) is 28.9. The van der Waals surface area contributed by atoms with E-state index >= 15 is 0 Å². The largest absolute Gasteiger partial charge is 0.379 e. The number of hydrogen-bond donors (Lipinski definition) is 1. The van der Waals surface area contributed by atoms with Crippen LogP contribution in [0.1, 0.15) is 19.3 Å². The van der Waals surface area contributed by atoms with E-state index in [0.29, 0.717) is 17.6 Å². The number of piperazine rings is 1. The van der Waals surface area contributed by atoms with Gasteiger partial charge in [0.25, 0.3) is 0 Å². The van der Waals surface area contributed by atoms with E-state index in [2.05, 4.69) is 21.8 Å². The van der Waals surface area contributed by atoms with Crippen molar-refractivity contribution >= 4 is 22.8 Å². The molecular weight excluding hydrogens is 298 g/mol. The van der Waals surface area contributed by atoms with Crippen LogP contribution in [-0.4, -0.2) is 89.9 Å². The molecule has 0 aromatic heterocycles. The molecule has 0 aliphatic carbocycles. The van der Waals surface area contributed by atoms with Crippen LogP contribution in [0.4, 0.5) is 0 Å². The Hall–Kier alpha value is -0.790. The summed E-state index contributed by atoms with van der Waals surface area (Å²) in [4.78, 5) is 23.7. The number of nitrogens with two attached hydrogens (primary N) is 1. The van der Waals surface area contributed by atoms with Gasteiger partial charge < -0.3 is 15.5 Å². The van der Waals surface area contributed by atoms with Crippen molar-refractivity contribution in [2.24, 2.45) is 10.7 Å². The second-order valence-corrected chi connectivity index (χ2v) is 7.63. The quantitative estimate of drug-likeness (QED) is 0.794. The second kappa shape index (κ2) is 7.19. The van der Waals surface area contributed by atoms with Gasteiger partial charge in [-0.15, -0.1) is 0 Å². The SMILES string of the molecule is CN1CCC(N2CCN(C(=O)CC3CSC(N)=N3)CC2)CC1. The highest BCUT2D eigenvalue weighted by Crippen LogP contribution is 2.20. The van der Waals surface area contributed by atoms with E-state index in [9.17, 15) is 4.79 Å². The van der Waals surface area contributed by atoms with E-state index in [1.807, 2.05) is 4.90 Å². The van der Waals surface area contributed by atoms with E-state index in [0.717, 1.165) is 31.9 Å². The lowest BCUT2D eigenvalue weighted by molar-refractivity contribution is -0.133. The minimum Gasteiger partial charge on any atom is -0.379 e. The van der Waals surface area contributed by atoms with Gasteiger partial charge in [0.1, 0.15) is 0 Å². The van der Waals surface area contributed by atoms with Crippen LogP contribution in [0.25, 0.3) is 0 Å². The number of aliphatic imine (C=N–C) groups is 1. The molecule has 22 heavy (non-hydrogen) atoms. The lowest BCUT2D eigenvalue weighted by Crippen LogP contribution is -2.54. The third-order valence-corrected chi connectivity index (χ3v) is 5.97. The number of carbonyl (C=O) groups excluding carboxylic acids is 1. The monoisotopic (exact) mass is 325 g/mol. The van der Waals surface area contributed by atoms with E-state index in [-0.39, 0.29) is 11.9 Å². The molecule has 124 valence electrons. The number of carbonyl (C=O) groups is 1. The van der Waals surface area contributed by atoms with Crippen molar-refractivity contribution in [3.05, 3.63) is 0 Å². The first kappa shape index (κ1) is 16.1. The second-order valence-electron chi connectivity index (χ2n) is 6.59. The Kier molecular flexibility index (Phi) is 5.25. The zero-order valence-corrected chi connectivity index (χ0v) is 14.2. The average molecular weight is 325 g/mol. The summed E-state index contributed by atoms with van der Waals surface area (Å²) in [6.45, 7) is 6.16. The predicted octanol–water partition coefficient (Wildman–Crippen LogP) is 0.0450. The van der Waals surface area contributed by atoms with Crippen LogP contribution in [0, 0.1) is 0 Å². The number of amides is 1. The zero-order valence-electron chi connectivity index (χ0n) is 13.4. The maximum absolute atomic E-state index is 12.4. The van der Waals surface area contributed by atoms with Crippen LogP contribution in [0.5, 0.6) is 0 Å². The van der Waals surface area contributed by atoms with E-state index in [1.165, 1.54) is 25.9 Å². The Morgan fingerprint density at radius 3 is 2.50 bits per heavy atom. The fourth-order valence-electron chi connectivity index (χ4n) is 3.57. The summed E-state index contributed by atoms with van der Waals surface area (Å²) in [5.41, 5.74) is 5.67. The van der Waals surface area contributed by atoms with Crippen LogP contribution in [0.2, 0.25) is 0 Å². The molecule has 0 saturated carbocycles. The smallest absolute Gasteiger partial charge is 0.224 e. The van der Waals surface area contributed by atoms with Gasteiger partial charge in [0.05, 0.1) is 12.5 Å². The van der Waals surface area contributed by atoms with Crippen molar-refractivity contribution in [2.75, 3.05) is 52.1 Å². The molecule has 3 aliphatic heterocycles. The fraction of sp³-hybridized carbons (Fsp3) is 0.867. The first-order chi connectivity index (χ1) is 10.6. The van der Waals surface area contributed by atoms with Crippen molar-refractivity contribution in [1.82, 2.24) is 14.7 Å². The first-order valence-electron chi connectivity index (χ1n) is 8.28. The highest BCUT2D eigenvalue weighted by atomic mass is 32.2. The lowest BCUT2D eigenvalue weighted by atomic mass is 10.0. The third-order valence-electron chi connectivity index (χ3n) is 5.02. The van der Waals surface area contributed by atoms with Crippen LogP contribution >= 0.6 is 11.8 Å². The van der Waals surface area contributed by atoms with E-state index in [1.54, 1.807) is 11.8 Å². The fourth-order valence-corrected chi connectivity index (χ4v) is 4.35. The minimum absolute atomic E-state index is 0.0874. The number of rotatable bonds is 3. The Balaban J connectivity index is 1.42. The average Bonchev–Trinajstić information content (AvgIpc) is 2.93. The van der Waals surface area contributed by atoms with Crippen LogP contribution < -0.4 is 5.73 Å². The summed E-state index contributed by atoms with van der Waals surface area (Å²) in [6.07, 6.45) is 3.04. The van der Waals surface area contributed by atoms with Crippen LogP contribution in [0.3, 0.4) is 0 Å². The third kappa shape index (κ3) is 3.94. The van der Waals surface area contributed by atoms with Gasteiger partial charge in [-0.25, -0.2) is 0 Å². The Bertz CT molecular complexity index is 428. The van der Waals surface area contributed by atoms with Crippen molar-refractivity contribution < 1.29 is 4.79 Å². The summed E-state index contributed by atoms with van der Waals surface area (Å²) in [5, 5.41) is 0.630. The molecule has 0 spiro atoms. The Morgan fingerprint density at radius 1 is 1.23 bits per heavy atom. The first-order valence-corrected chi connectivity index (χ1v) is 9.27. The molecule has 3 heterocycles. The molecule has 7 heteroatoms. The zero-order chi connectivity index (χ0) is 15.5. The standard InChI is InChI=1S/C15H27N5OS/c1-18-4-2-13(3-5-18)19-6-8-20(9-7-19)14(21)10-12-11-22-15(16)17-12/h12-13H,2-11H2,1H3,(H2,16,17). The number of thioether (sulfide) groups is 1. The van der Waals surface area contributed by atoms with Gasteiger partial charge in [0.15, 0.2) is 5.17 Å². The number of likely N-dealkylation sites (tertiary alicyclic amines) is 1. The molecule has 0 bridgehead atoms. The number of amidine groups is 1. The maximum atomic E-state index is 12.4. The molecule has 2 N–H and O–H groups in total. The van der Waals surface area contributed by atoms with Gasteiger partial charge in [-0.3, -0.25) is 14.7 Å². The van der Waals surface area contributed by atoms with Gasteiger partial charge in [0, 0.05) is 38.0 Å². The number of piperidine rings is 1. The van der Waals surface area contributed by atoms with Gasteiger partial charge in [0.2, 0.25) is 5.91 Å². The molecule has 0 aromatic carbocycles. The highest BCUT2D eigenvalue weighted by Gasteiger charge is 2.29. The molecule has 2 saturated heterocycles. The van der Waals surface area contributed by atoms with E-state index < -0.39 is 0 Å². The molecule has 3 rings (SSSR count). The lowest BCUT2D eigenvalue weighted by Gasteiger charge is -2.42. The summed E-state index contributed by atoms with van der Waals surface area (Å²) in [5.74, 6) is 1.10. The Morgan fingerprint density at radius 2 is 1.91 bits per heavy atom. The molecule has 0 radical (unpaired) electrons. The maximum Gasteiger partial charge on any atom is 0.224 e. The molecule has 1 atom stereocenters. The topological polar surface area (TPSA) is 65.2 Å². The molecule has 3 aliphatic rings. The summed E-state index contributed by atoms with van der Waals surface area (Å²) < 4.78 is 0. The minimum atomic E-state index is 0.0874. The van der Waals surface area contributed by atoms with Gasteiger partial charge in [-0.1, -0.05) is 11.8 Å². The van der Waals surface area contributed by atoms with Crippen LogP contribution in [0.15, 0.2) is 4.99 Å². The summed E-state index contributed by atoms with van der Waals surface area (Å²) in [6, 6.07) is 0.800. The highest BCUT2D eigenvalue weighted by molar-refractivity contribution is 8.14. The predicted molar refractivity (Wildman–Crippen MR) is 91.2 cm³/mol. The molecular formula is C15H27N5OS. The van der Waals surface area contributed by atoms with Gasteiger partial charge in [-0.05, 0) is 33.0 Å². The molecule has 6 nitrogen and oxygen atoms in total. The summed E-state index contributed by atoms with van der Waals surface area (Å²) >= 11 is 1.56. The molecule has 2 fully saturated rings. The van der Waals surface area contributed by atoms with Crippen molar-refractivity contribution in [2.45, 2.75) is 31.3 Å². The van der Waals surface area contributed by atoms with Crippen LogP contribution in [-0.2, 0) is 4.79 Å². The van der Waals surface area contributed by atoms with Crippen molar-refractivity contribution in [3.63, 3.8) is 0 Å². The van der Waals surface area contributed by atoms with Crippen molar-refractivity contribution in [3.8, 4) is 0 Å². The number of hydrogen-bond acceptors (Lipinski definition) is 6. The summed E-state index contributed by atoms with van der Waals surface area (Å²) in [7, 11) is 2.20. The van der Waals surface area contributed by atoms with E-state index in [4.69, 9.17) is 5.73 Å². The Labute approximate surface area is 137 Å². The molecule has 1 unspecified atom stereocenters. The number of nitrogens with zero attached hydrogens (tertiary/aromatic N) is 4. The van der Waals surface area contributed by atoms with Crippen molar-refractivity contribution in [1.29, 1.82) is 0 Å². The van der Waals surface area contributed by atoms with Gasteiger partial charge in [-0.2, -0.15) is 0 Å².